The fraction of sp³-hybridized carbons (Fsp3) is 0.643. The van der Waals surface area contributed by atoms with E-state index in [2.05, 4.69) is 22.1 Å². The Morgan fingerprint density at radius 2 is 2.20 bits per heavy atom. The summed E-state index contributed by atoms with van der Waals surface area (Å²) in [5.74, 6) is 0.920. The lowest BCUT2D eigenvalue weighted by Gasteiger charge is -2.33. The van der Waals surface area contributed by atoms with E-state index in [1.807, 2.05) is 0 Å². The molecule has 0 bridgehead atoms. The topological polar surface area (TPSA) is 54.2 Å². The Bertz CT molecular complexity index is 453. The summed E-state index contributed by atoms with van der Waals surface area (Å²) in [6.45, 7) is 5.46. The molecule has 0 aromatic carbocycles. The van der Waals surface area contributed by atoms with Gasteiger partial charge in [0.2, 0.25) is 0 Å². The molecule has 0 aliphatic carbocycles. The SMILES string of the molecule is CC1CCCCN1CCCNc1nc(N)c(Cl)cc1Cl. The molecule has 0 spiro atoms. The van der Waals surface area contributed by atoms with Gasteiger partial charge in [-0.1, -0.05) is 29.6 Å². The predicted molar refractivity (Wildman–Crippen MR) is 86.7 cm³/mol. The van der Waals surface area contributed by atoms with E-state index in [4.69, 9.17) is 28.9 Å². The number of nitrogens with zero attached hydrogens (tertiary/aromatic N) is 2. The second kappa shape index (κ2) is 7.34. The summed E-state index contributed by atoms with van der Waals surface area (Å²) in [5, 5.41) is 4.13. The maximum Gasteiger partial charge on any atom is 0.147 e. The van der Waals surface area contributed by atoms with Crippen LogP contribution in [0.1, 0.15) is 32.6 Å². The quantitative estimate of drug-likeness (QED) is 0.814. The van der Waals surface area contributed by atoms with Gasteiger partial charge in [0.25, 0.3) is 0 Å². The number of nitrogens with one attached hydrogen (secondary N) is 1. The van der Waals surface area contributed by atoms with E-state index in [0.717, 1.165) is 19.5 Å². The number of rotatable bonds is 5. The number of hydrogen-bond donors (Lipinski definition) is 2. The van der Waals surface area contributed by atoms with Crippen molar-refractivity contribution in [3.8, 4) is 0 Å². The van der Waals surface area contributed by atoms with Gasteiger partial charge in [-0.15, -0.1) is 0 Å². The maximum absolute atomic E-state index is 6.08. The van der Waals surface area contributed by atoms with Crippen LogP contribution in [0.2, 0.25) is 10.0 Å². The molecule has 1 aliphatic heterocycles. The van der Waals surface area contributed by atoms with Gasteiger partial charge in [0.15, 0.2) is 0 Å². The molecule has 1 aliphatic rings. The Hall–Kier alpha value is -0.710. The van der Waals surface area contributed by atoms with Gasteiger partial charge in [0.05, 0.1) is 10.0 Å². The van der Waals surface area contributed by atoms with Crippen LogP contribution < -0.4 is 11.1 Å². The number of likely N-dealkylation sites (tertiary alicyclic amines) is 1. The number of nitrogens with two attached hydrogens (primary N) is 1. The second-order valence-corrected chi connectivity index (χ2v) is 6.16. The van der Waals surface area contributed by atoms with Crippen molar-refractivity contribution in [3.05, 3.63) is 16.1 Å². The second-order valence-electron chi connectivity index (χ2n) is 5.35. The van der Waals surface area contributed by atoms with Crippen LogP contribution in [0.25, 0.3) is 0 Å². The summed E-state index contributed by atoms with van der Waals surface area (Å²) in [6, 6.07) is 2.33. The minimum atomic E-state index is 0.309. The molecule has 1 unspecified atom stereocenters. The van der Waals surface area contributed by atoms with Crippen LogP contribution in [-0.2, 0) is 0 Å². The third-order valence-corrected chi connectivity index (χ3v) is 4.40. The molecule has 2 heterocycles. The summed E-state index contributed by atoms with van der Waals surface area (Å²) in [4.78, 5) is 6.71. The van der Waals surface area contributed by atoms with Gasteiger partial charge in [-0.05, 0) is 38.8 Å². The van der Waals surface area contributed by atoms with Gasteiger partial charge >= 0.3 is 0 Å². The van der Waals surface area contributed by atoms with Crippen molar-refractivity contribution in [1.82, 2.24) is 9.88 Å². The van der Waals surface area contributed by atoms with E-state index in [0.29, 0.717) is 27.7 Å². The number of piperidine rings is 1. The Balaban J connectivity index is 1.77. The van der Waals surface area contributed by atoms with Gasteiger partial charge < -0.3 is 16.0 Å². The lowest BCUT2D eigenvalue weighted by atomic mass is 10.0. The summed E-state index contributed by atoms with van der Waals surface area (Å²) in [5.41, 5.74) is 5.68. The van der Waals surface area contributed by atoms with Crippen molar-refractivity contribution in [2.24, 2.45) is 0 Å². The highest BCUT2D eigenvalue weighted by atomic mass is 35.5. The molecule has 1 aromatic heterocycles. The molecule has 0 amide bonds. The highest BCUT2D eigenvalue weighted by Gasteiger charge is 2.17. The molecular formula is C14H22Cl2N4. The Kier molecular flexibility index (Phi) is 5.75. The van der Waals surface area contributed by atoms with E-state index in [1.54, 1.807) is 6.07 Å². The minimum absolute atomic E-state index is 0.309. The summed E-state index contributed by atoms with van der Waals surface area (Å²) < 4.78 is 0. The first-order valence-electron chi connectivity index (χ1n) is 7.17. The molecule has 1 atom stereocenters. The molecule has 1 aromatic rings. The smallest absolute Gasteiger partial charge is 0.147 e. The van der Waals surface area contributed by atoms with Crippen molar-refractivity contribution >= 4 is 34.8 Å². The average Bonchev–Trinajstić information content (AvgIpc) is 2.42. The Morgan fingerprint density at radius 1 is 1.40 bits per heavy atom. The molecule has 0 saturated carbocycles. The first-order valence-corrected chi connectivity index (χ1v) is 7.93. The van der Waals surface area contributed by atoms with Crippen LogP contribution >= 0.6 is 23.2 Å². The molecule has 0 radical (unpaired) electrons. The number of halogens is 2. The van der Waals surface area contributed by atoms with Crippen LogP contribution in [0.3, 0.4) is 0 Å². The zero-order chi connectivity index (χ0) is 14.5. The molecule has 3 N–H and O–H groups in total. The lowest BCUT2D eigenvalue weighted by molar-refractivity contribution is 0.160. The van der Waals surface area contributed by atoms with Gasteiger partial charge in [-0.25, -0.2) is 4.98 Å². The van der Waals surface area contributed by atoms with Crippen LogP contribution in [0.15, 0.2) is 6.07 Å². The maximum atomic E-state index is 6.08. The van der Waals surface area contributed by atoms with Gasteiger partial charge in [0.1, 0.15) is 11.6 Å². The van der Waals surface area contributed by atoms with Crippen LogP contribution in [-0.4, -0.2) is 35.6 Å². The normalized spacial score (nSPS) is 20.1. The average molecular weight is 317 g/mol. The van der Waals surface area contributed by atoms with Crippen LogP contribution in [0, 0.1) is 0 Å². The zero-order valence-corrected chi connectivity index (χ0v) is 13.3. The fourth-order valence-corrected chi connectivity index (χ4v) is 3.01. The first kappa shape index (κ1) is 15.7. The molecule has 4 nitrogen and oxygen atoms in total. The lowest BCUT2D eigenvalue weighted by Crippen LogP contribution is -2.38. The molecule has 1 saturated heterocycles. The Morgan fingerprint density at radius 3 is 2.95 bits per heavy atom. The van der Waals surface area contributed by atoms with E-state index >= 15 is 0 Å². The number of pyridine rings is 1. The number of nitrogen functional groups attached to an aromatic ring is 1. The van der Waals surface area contributed by atoms with E-state index in [9.17, 15) is 0 Å². The van der Waals surface area contributed by atoms with Crippen molar-refractivity contribution in [1.29, 1.82) is 0 Å². The van der Waals surface area contributed by atoms with Crippen LogP contribution in [0.5, 0.6) is 0 Å². The van der Waals surface area contributed by atoms with Gasteiger partial charge in [-0.3, -0.25) is 0 Å². The highest BCUT2D eigenvalue weighted by Crippen LogP contribution is 2.27. The van der Waals surface area contributed by atoms with E-state index < -0.39 is 0 Å². The third kappa shape index (κ3) is 4.14. The first-order chi connectivity index (χ1) is 9.58. The summed E-state index contributed by atoms with van der Waals surface area (Å²) in [6.07, 6.45) is 5.05. The number of aromatic nitrogens is 1. The number of hydrogen-bond acceptors (Lipinski definition) is 4. The Labute approximate surface area is 130 Å². The minimum Gasteiger partial charge on any atom is -0.382 e. The molecular weight excluding hydrogens is 295 g/mol. The predicted octanol–water partition coefficient (Wildman–Crippen LogP) is 3.65. The number of anilines is 2. The standard InChI is InChI=1S/C14H22Cl2N4/c1-10-5-2-3-7-20(10)8-4-6-18-14-12(16)9-11(15)13(17)19-14/h9-10H,2-8H2,1H3,(H3,17,18,19). The van der Waals surface area contributed by atoms with Crippen molar-refractivity contribution in [2.45, 2.75) is 38.6 Å². The van der Waals surface area contributed by atoms with Crippen LogP contribution in [0.4, 0.5) is 11.6 Å². The molecule has 2 rings (SSSR count). The van der Waals surface area contributed by atoms with E-state index in [-0.39, 0.29) is 0 Å². The zero-order valence-electron chi connectivity index (χ0n) is 11.8. The van der Waals surface area contributed by atoms with Crippen molar-refractivity contribution < 1.29 is 0 Å². The third-order valence-electron chi connectivity index (χ3n) is 3.81. The monoisotopic (exact) mass is 316 g/mol. The van der Waals surface area contributed by atoms with E-state index in [1.165, 1.54) is 25.8 Å². The highest BCUT2D eigenvalue weighted by molar-refractivity contribution is 6.37. The molecule has 1 fully saturated rings. The van der Waals surface area contributed by atoms with Gasteiger partial charge in [-0.2, -0.15) is 0 Å². The van der Waals surface area contributed by atoms with Crippen molar-refractivity contribution in [3.63, 3.8) is 0 Å². The van der Waals surface area contributed by atoms with Crippen molar-refractivity contribution in [2.75, 3.05) is 30.7 Å². The molecule has 20 heavy (non-hydrogen) atoms. The largest absolute Gasteiger partial charge is 0.382 e. The summed E-state index contributed by atoms with van der Waals surface area (Å²) in [7, 11) is 0. The molecule has 6 heteroatoms. The molecule has 112 valence electrons. The fourth-order valence-electron chi connectivity index (χ4n) is 2.58. The van der Waals surface area contributed by atoms with Gasteiger partial charge in [0, 0.05) is 19.1 Å². The summed E-state index contributed by atoms with van der Waals surface area (Å²) >= 11 is 11.9.